The van der Waals surface area contributed by atoms with E-state index in [9.17, 15) is 26.0 Å². The van der Waals surface area contributed by atoms with Crippen LogP contribution in [0.5, 0.6) is 0 Å². The van der Waals surface area contributed by atoms with Crippen molar-refractivity contribution in [3.63, 3.8) is 0 Å². The van der Waals surface area contributed by atoms with Gasteiger partial charge in [-0.05, 0) is 37.6 Å². The van der Waals surface area contributed by atoms with E-state index in [0.29, 0.717) is 0 Å². The Morgan fingerprint density at radius 3 is 2.36 bits per heavy atom. The largest absolute Gasteiger partial charge is 0.436 e. The molecule has 0 amide bonds. The third kappa shape index (κ3) is 4.71. The average Bonchev–Trinajstić information content (AvgIpc) is 2.80. The lowest BCUT2D eigenvalue weighted by Crippen LogP contribution is -2.25. The molecule has 11 heteroatoms. The molecule has 2 rings (SSSR count). The lowest BCUT2D eigenvalue weighted by molar-refractivity contribution is -0.141. The molecule has 0 bridgehead atoms. The third-order valence-electron chi connectivity index (χ3n) is 3.36. The molecule has 138 valence electrons. The highest BCUT2D eigenvalue weighted by molar-refractivity contribution is 7.89. The average molecular weight is 400 g/mol. The van der Waals surface area contributed by atoms with E-state index in [4.69, 9.17) is 11.6 Å². The number of nitrogens with one attached hydrogen (secondary N) is 1. The minimum atomic E-state index is -4.66. The molecule has 1 aromatic carbocycles. The highest BCUT2D eigenvalue weighted by Crippen LogP contribution is 2.35. The van der Waals surface area contributed by atoms with Gasteiger partial charge in [0.1, 0.15) is 5.82 Å². The molecule has 0 fully saturated rings. The van der Waals surface area contributed by atoms with Gasteiger partial charge in [0, 0.05) is 13.1 Å². The van der Waals surface area contributed by atoms with Crippen LogP contribution >= 0.6 is 11.6 Å². The SMILES string of the molecule is Cc1c(Cl)c(C(F)(F)F)nn1CCCNS(=O)(=O)c1ccc(F)cc1. The number of rotatable bonds is 6. The highest BCUT2D eigenvalue weighted by atomic mass is 35.5. The topological polar surface area (TPSA) is 64.0 Å². The van der Waals surface area contributed by atoms with Crippen LogP contribution in [0.25, 0.3) is 0 Å². The maximum absolute atomic E-state index is 12.8. The molecule has 1 N–H and O–H groups in total. The first-order valence-electron chi connectivity index (χ1n) is 7.07. The number of aromatic nitrogens is 2. The van der Waals surface area contributed by atoms with Gasteiger partial charge in [-0.3, -0.25) is 4.68 Å². The van der Waals surface area contributed by atoms with Gasteiger partial charge in [-0.2, -0.15) is 18.3 Å². The normalized spacial score (nSPS) is 12.6. The first kappa shape index (κ1) is 19.7. The molecule has 0 radical (unpaired) electrons. The smallest absolute Gasteiger partial charge is 0.268 e. The second kappa shape index (κ2) is 7.30. The minimum Gasteiger partial charge on any atom is -0.268 e. The molecule has 0 saturated heterocycles. The Hall–Kier alpha value is -1.65. The summed E-state index contributed by atoms with van der Waals surface area (Å²) in [5, 5.41) is 2.95. The lowest BCUT2D eigenvalue weighted by atomic mass is 10.3. The van der Waals surface area contributed by atoms with Crippen LogP contribution in [0.1, 0.15) is 17.8 Å². The van der Waals surface area contributed by atoms with E-state index >= 15 is 0 Å². The van der Waals surface area contributed by atoms with E-state index in [1.807, 2.05) is 0 Å². The van der Waals surface area contributed by atoms with Crippen molar-refractivity contribution in [2.24, 2.45) is 0 Å². The third-order valence-corrected chi connectivity index (χ3v) is 5.29. The summed E-state index contributed by atoms with van der Waals surface area (Å²) in [6.07, 6.45) is -4.46. The van der Waals surface area contributed by atoms with Gasteiger partial charge in [0.05, 0.1) is 15.6 Å². The van der Waals surface area contributed by atoms with E-state index in [0.717, 1.165) is 28.9 Å². The number of aryl methyl sites for hydroxylation is 1. The summed E-state index contributed by atoms with van der Waals surface area (Å²) < 4.78 is 78.3. The van der Waals surface area contributed by atoms with Crippen LogP contribution in [0.4, 0.5) is 17.6 Å². The van der Waals surface area contributed by atoms with Crippen molar-refractivity contribution in [3.8, 4) is 0 Å². The fraction of sp³-hybridized carbons (Fsp3) is 0.357. The Labute approximate surface area is 146 Å². The Morgan fingerprint density at radius 1 is 1.24 bits per heavy atom. The van der Waals surface area contributed by atoms with Crippen LogP contribution < -0.4 is 4.72 Å². The van der Waals surface area contributed by atoms with E-state index in [2.05, 4.69) is 9.82 Å². The standard InChI is InChI=1S/C14H14ClF4N3O2S/c1-9-12(15)13(14(17,18)19)21-22(9)8-2-7-20-25(23,24)11-5-3-10(16)4-6-11/h3-6,20H,2,7-8H2,1H3. The molecule has 0 aliphatic rings. The molecule has 1 heterocycles. The molecule has 0 spiro atoms. The van der Waals surface area contributed by atoms with Crippen LogP contribution in [0.2, 0.25) is 5.02 Å². The van der Waals surface area contributed by atoms with Crippen molar-refractivity contribution in [3.05, 3.63) is 46.5 Å². The van der Waals surface area contributed by atoms with Gasteiger partial charge in [0.25, 0.3) is 0 Å². The van der Waals surface area contributed by atoms with Gasteiger partial charge in [-0.15, -0.1) is 0 Å². The first-order valence-corrected chi connectivity index (χ1v) is 8.94. The number of alkyl halides is 3. The molecular weight excluding hydrogens is 386 g/mol. The van der Waals surface area contributed by atoms with Gasteiger partial charge in [-0.1, -0.05) is 11.6 Å². The molecule has 0 unspecified atom stereocenters. The Kier molecular flexibility index (Phi) is 5.75. The van der Waals surface area contributed by atoms with Crippen molar-refractivity contribution >= 4 is 21.6 Å². The Bertz CT molecular complexity index is 848. The molecule has 5 nitrogen and oxygen atoms in total. The summed E-state index contributed by atoms with van der Waals surface area (Å²) in [6, 6.07) is 4.26. The molecule has 2 aromatic rings. The fourth-order valence-corrected chi connectivity index (χ4v) is 3.37. The lowest BCUT2D eigenvalue weighted by Gasteiger charge is -2.08. The van der Waals surface area contributed by atoms with Crippen molar-refractivity contribution in [1.82, 2.24) is 14.5 Å². The number of sulfonamides is 1. The van der Waals surface area contributed by atoms with Gasteiger partial charge in [0.15, 0.2) is 5.69 Å². The first-order chi connectivity index (χ1) is 11.5. The van der Waals surface area contributed by atoms with Crippen LogP contribution in [0.15, 0.2) is 29.2 Å². The molecule has 0 aliphatic heterocycles. The second-order valence-corrected chi connectivity index (χ2v) is 7.32. The van der Waals surface area contributed by atoms with Crippen LogP contribution in [0, 0.1) is 12.7 Å². The summed E-state index contributed by atoms with van der Waals surface area (Å²) >= 11 is 5.63. The maximum Gasteiger partial charge on any atom is 0.436 e. The zero-order valence-corrected chi connectivity index (χ0v) is 14.5. The number of nitrogens with zero attached hydrogens (tertiary/aromatic N) is 2. The van der Waals surface area contributed by atoms with Gasteiger partial charge >= 0.3 is 6.18 Å². The molecule has 1 aromatic heterocycles. The van der Waals surface area contributed by atoms with Crippen molar-refractivity contribution < 1.29 is 26.0 Å². The summed E-state index contributed by atoms with van der Waals surface area (Å²) in [4.78, 5) is -0.105. The van der Waals surface area contributed by atoms with Crippen molar-refractivity contribution in [2.45, 2.75) is 31.0 Å². The zero-order chi connectivity index (χ0) is 18.8. The monoisotopic (exact) mass is 399 g/mol. The van der Waals surface area contributed by atoms with Crippen LogP contribution in [-0.2, 0) is 22.7 Å². The van der Waals surface area contributed by atoms with E-state index in [-0.39, 0.29) is 30.1 Å². The van der Waals surface area contributed by atoms with E-state index < -0.39 is 32.7 Å². The van der Waals surface area contributed by atoms with Crippen molar-refractivity contribution in [1.29, 1.82) is 0 Å². The quantitative estimate of drug-likeness (QED) is 0.598. The van der Waals surface area contributed by atoms with E-state index in [1.54, 1.807) is 0 Å². The number of halogens is 5. The van der Waals surface area contributed by atoms with Crippen molar-refractivity contribution in [2.75, 3.05) is 6.54 Å². The van der Waals surface area contributed by atoms with Gasteiger partial charge < -0.3 is 0 Å². The summed E-state index contributed by atoms with van der Waals surface area (Å²) in [5.41, 5.74) is -1.02. The maximum atomic E-state index is 12.8. The highest BCUT2D eigenvalue weighted by Gasteiger charge is 2.38. The van der Waals surface area contributed by atoms with Gasteiger partial charge in [-0.25, -0.2) is 17.5 Å². The van der Waals surface area contributed by atoms with Crippen LogP contribution in [0.3, 0.4) is 0 Å². The second-order valence-electron chi connectivity index (χ2n) is 5.17. The summed E-state index contributed by atoms with van der Waals surface area (Å²) in [6.45, 7) is 1.42. The zero-order valence-electron chi connectivity index (χ0n) is 12.9. The molecule has 0 atom stereocenters. The number of hydrogen-bond acceptors (Lipinski definition) is 3. The Balaban J connectivity index is 1.96. The summed E-state index contributed by atoms with van der Waals surface area (Å²) in [5.74, 6) is -0.564. The van der Waals surface area contributed by atoms with Gasteiger partial charge in [0.2, 0.25) is 10.0 Å². The predicted molar refractivity (Wildman–Crippen MR) is 83.2 cm³/mol. The number of hydrogen-bond donors (Lipinski definition) is 1. The molecule has 0 aliphatic carbocycles. The number of benzene rings is 1. The van der Waals surface area contributed by atoms with E-state index in [1.165, 1.54) is 6.92 Å². The summed E-state index contributed by atoms with van der Waals surface area (Å²) in [7, 11) is -3.82. The molecule has 0 saturated carbocycles. The van der Waals surface area contributed by atoms with Crippen LogP contribution in [-0.4, -0.2) is 24.7 Å². The molecular formula is C14H14ClF4N3O2S. The fourth-order valence-electron chi connectivity index (χ4n) is 2.06. The predicted octanol–water partition coefficient (Wildman–Crippen LogP) is 3.37. The minimum absolute atomic E-state index is 0.0298. The molecule has 25 heavy (non-hydrogen) atoms. The Morgan fingerprint density at radius 2 is 1.84 bits per heavy atom.